The zero-order chi connectivity index (χ0) is 15.0. The lowest BCUT2D eigenvalue weighted by molar-refractivity contribution is -0.894. The molecule has 0 atom stereocenters. The minimum atomic E-state index is -0.442. The van der Waals surface area contributed by atoms with Gasteiger partial charge < -0.3 is 0 Å². The highest BCUT2D eigenvalue weighted by Crippen LogP contribution is 2.00. The van der Waals surface area contributed by atoms with Gasteiger partial charge in [-0.05, 0) is 15.0 Å². The third-order valence-corrected chi connectivity index (χ3v) is 3.10. The van der Waals surface area contributed by atoms with Crippen LogP contribution >= 0.6 is 0 Å². The third kappa shape index (κ3) is 4.09. The molecule has 0 aliphatic carbocycles. The number of rotatable bonds is 6. The molecule has 0 fully saturated rings. The Bertz CT molecular complexity index is 582. The quantitative estimate of drug-likeness (QED) is 0.502. The van der Waals surface area contributed by atoms with Crippen LogP contribution in [0.25, 0.3) is 0 Å². The van der Waals surface area contributed by atoms with Gasteiger partial charge in [-0.3, -0.25) is 9.51 Å². The minimum absolute atomic E-state index is 0.442. The predicted molar refractivity (Wildman–Crippen MR) is 82.3 cm³/mol. The van der Waals surface area contributed by atoms with Crippen LogP contribution in [0, 0.1) is 0 Å². The van der Waals surface area contributed by atoms with Crippen LogP contribution in [0.4, 0.5) is 0 Å². The molecule has 0 saturated heterocycles. The molecule has 0 aliphatic rings. The number of hydrogen-bond acceptors (Lipinski definition) is 2. The highest BCUT2D eigenvalue weighted by molar-refractivity contribution is 6.43. The second-order valence-corrected chi connectivity index (χ2v) is 4.80. The van der Waals surface area contributed by atoms with Gasteiger partial charge in [0.1, 0.15) is 0 Å². The normalized spacial score (nSPS) is 10.0. The molecule has 0 amide bonds. The zero-order valence-electron chi connectivity index (χ0n) is 12.2. The van der Waals surface area contributed by atoms with Crippen molar-refractivity contribution in [2.45, 2.75) is 6.32 Å². The highest BCUT2D eigenvalue weighted by Gasteiger charge is 2.34. The molecule has 0 aliphatic heterocycles. The van der Waals surface area contributed by atoms with Crippen LogP contribution in [-0.2, 0) is 6.32 Å². The summed E-state index contributed by atoms with van der Waals surface area (Å²) in [5.41, 5.74) is 1.15. The van der Waals surface area contributed by atoms with Gasteiger partial charge in [0, 0.05) is 30.6 Å². The van der Waals surface area contributed by atoms with Crippen LogP contribution in [0.3, 0.4) is 0 Å². The summed E-state index contributed by atoms with van der Waals surface area (Å²) in [6.07, 6.45) is 8.02. The molecule has 0 radical (unpaired) electrons. The van der Waals surface area contributed by atoms with Crippen molar-refractivity contribution in [1.29, 1.82) is 0 Å². The van der Waals surface area contributed by atoms with Crippen molar-refractivity contribution >= 4 is 7.12 Å². The number of pyridine rings is 2. The van der Waals surface area contributed by atoms with Gasteiger partial charge in [0.15, 0.2) is 0 Å². The third-order valence-electron chi connectivity index (χ3n) is 3.10. The van der Waals surface area contributed by atoms with Crippen molar-refractivity contribution in [3.8, 4) is 0 Å². The molecule has 22 heavy (non-hydrogen) atoms. The fraction of sp³-hybridized carbons (Fsp3) is 0.0588. The van der Waals surface area contributed by atoms with E-state index >= 15 is 0 Å². The van der Waals surface area contributed by atoms with Gasteiger partial charge in [-0.1, -0.05) is 42.5 Å². The van der Waals surface area contributed by atoms with E-state index in [9.17, 15) is 0 Å². The van der Waals surface area contributed by atoms with Crippen LogP contribution in [0.5, 0.6) is 0 Å². The average Bonchev–Trinajstić information content (AvgIpc) is 2.57. The lowest BCUT2D eigenvalue weighted by Crippen LogP contribution is -2.61. The maximum Gasteiger partial charge on any atom is 0.741 e. The van der Waals surface area contributed by atoms with E-state index in [0.717, 1.165) is 5.56 Å². The fourth-order valence-corrected chi connectivity index (χ4v) is 2.08. The molecule has 0 bridgehead atoms. The van der Waals surface area contributed by atoms with E-state index < -0.39 is 7.12 Å². The number of nitrogens with zero attached hydrogens (tertiary/aromatic N) is 2. The lowest BCUT2D eigenvalue weighted by atomic mass is 9.81. The molecule has 2 heterocycles. The number of hydrogen-bond donors (Lipinski definition) is 0. The Hall–Kier alpha value is -2.82. The maximum absolute atomic E-state index is 5.90. The van der Waals surface area contributed by atoms with Gasteiger partial charge in [-0.15, -0.1) is 0 Å². The molecule has 108 valence electrons. The first-order chi connectivity index (χ1) is 10.9. The van der Waals surface area contributed by atoms with Crippen molar-refractivity contribution < 1.29 is 19.0 Å². The Balaban J connectivity index is 1.75. The molecule has 3 rings (SSSR count). The molecular formula is C17H17BN2O2+2. The smallest absolute Gasteiger partial charge is 0.286 e. The standard InChI is InChI=1S/C17H17BN2O2/c1-4-10-17(11-5-1)16-18(21-19-12-6-2-7-13-19)22-20-14-8-3-9-15-20/h1-15H,16H2/q+2. The monoisotopic (exact) mass is 292 g/mol. The summed E-state index contributed by atoms with van der Waals surface area (Å²) in [5.74, 6) is 0. The second kappa shape index (κ2) is 7.27. The van der Waals surface area contributed by atoms with E-state index in [0.29, 0.717) is 6.32 Å². The summed E-state index contributed by atoms with van der Waals surface area (Å²) in [7, 11) is -0.442. The molecule has 0 saturated carbocycles. The summed E-state index contributed by atoms with van der Waals surface area (Å²) in [6, 6.07) is 21.7. The van der Waals surface area contributed by atoms with Gasteiger partial charge in [-0.25, -0.2) is 0 Å². The summed E-state index contributed by atoms with van der Waals surface area (Å²) >= 11 is 0. The number of benzene rings is 1. The first-order valence-corrected chi connectivity index (χ1v) is 7.21. The van der Waals surface area contributed by atoms with Gasteiger partial charge in [0.2, 0.25) is 24.8 Å². The SMILES string of the molecule is c1ccc(CB(O[n+]2ccccc2)O[n+]2ccccc2)cc1. The van der Waals surface area contributed by atoms with Crippen LogP contribution in [0.1, 0.15) is 5.56 Å². The Morgan fingerprint density at radius 3 is 1.59 bits per heavy atom. The molecule has 0 spiro atoms. The highest BCUT2D eigenvalue weighted by atomic mass is 16.8. The van der Waals surface area contributed by atoms with E-state index in [1.807, 2.05) is 79.4 Å². The van der Waals surface area contributed by atoms with Gasteiger partial charge >= 0.3 is 7.12 Å². The van der Waals surface area contributed by atoms with Gasteiger partial charge in [0.05, 0.1) is 0 Å². The average molecular weight is 292 g/mol. The molecule has 4 nitrogen and oxygen atoms in total. The van der Waals surface area contributed by atoms with E-state index in [2.05, 4.69) is 12.1 Å². The van der Waals surface area contributed by atoms with E-state index in [1.54, 1.807) is 9.46 Å². The van der Waals surface area contributed by atoms with E-state index in [-0.39, 0.29) is 0 Å². The maximum atomic E-state index is 5.90. The lowest BCUT2D eigenvalue weighted by Gasteiger charge is -2.06. The van der Waals surface area contributed by atoms with Crippen LogP contribution in [0.2, 0.25) is 0 Å². The Morgan fingerprint density at radius 1 is 0.636 bits per heavy atom. The first-order valence-electron chi connectivity index (χ1n) is 7.21. The summed E-state index contributed by atoms with van der Waals surface area (Å²) in [4.78, 5) is 0. The largest absolute Gasteiger partial charge is 0.741 e. The molecule has 0 unspecified atom stereocenters. The Kier molecular flexibility index (Phi) is 4.67. The van der Waals surface area contributed by atoms with Crippen LogP contribution in [0.15, 0.2) is 91.5 Å². The summed E-state index contributed by atoms with van der Waals surface area (Å²) in [5, 5.41) is 0. The Labute approximate surface area is 130 Å². The Morgan fingerprint density at radius 2 is 1.09 bits per heavy atom. The topological polar surface area (TPSA) is 26.2 Å². The minimum Gasteiger partial charge on any atom is -0.286 e. The second-order valence-electron chi connectivity index (χ2n) is 4.80. The molecule has 5 heteroatoms. The van der Waals surface area contributed by atoms with Crippen LogP contribution in [-0.4, -0.2) is 7.12 Å². The van der Waals surface area contributed by atoms with Gasteiger partial charge in [0.25, 0.3) is 0 Å². The summed E-state index contributed by atoms with van der Waals surface area (Å²) in [6.45, 7) is 0. The number of aromatic nitrogens is 2. The molecule has 1 aromatic carbocycles. The molecule has 2 aromatic heterocycles. The van der Waals surface area contributed by atoms with Crippen LogP contribution < -0.4 is 19.0 Å². The van der Waals surface area contributed by atoms with Crippen molar-refractivity contribution in [2.24, 2.45) is 0 Å². The van der Waals surface area contributed by atoms with Crippen molar-refractivity contribution in [1.82, 2.24) is 0 Å². The molecule has 3 aromatic rings. The fourth-order valence-electron chi connectivity index (χ4n) is 2.08. The molecule has 0 N–H and O–H groups in total. The molecular weight excluding hydrogens is 275 g/mol. The van der Waals surface area contributed by atoms with Crippen molar-refractivity contribution in [3.63, 3.8) is 0 Å². The van der Waals surface area contributed by atoms with E-state index in [1.165, 1.54) is 0 Å². The van der Waals surface area contributed by atoms with Crippen molar-refractivity contribution in [3.05, 3.63) is 97.1 Å². The summed E-state index contributed by atoms with van der Waals surface area (Å²) < 4.78 is 15.1. The van der Waals surface area contributed by atoms with Gasteiger partial charge in [-0.2, -0.15) is 0 Å². The first kappa shape index (κ1) is 14.1. The van der Waals surface area contributed by atoms with E-state index in [4.69, 9.17) is 9.51 Å². The zero-order valence-corrected chi connectivity index (χ0v) is 12.2. The van der Waals surface area contributed by atoms with Crippen molar-refractivity contribution in [2.75, 3.05) is 0 Å². The predicted octanol–water partition coefficient (Wildman–Crippen LogP) is 1.09.